The van der Waals surface area contributed by atoms with Crippen molar-refractivity contribution in [3.63, 3.8) is 0 Å². The number of nitrogens with one attached hydrogen (secondary N) is 1. The third-order valence-electron chi connectivity index (χ3n) is 3.37. The Hall–Kier alpha value is -2.83. The summed E-state index contributed by atoms with van der Waals surface area (Å²) in [7, 11) is -4.35. The number of alkyl halides is 3. The van der Waals surface area contributed by atoms with E-state index in [4.69, 9.17) is 5.26 Å². The van der Waals surface area contributed by atoms with Crippen LogP contribution in [0, 0.1) is 11.3 Å². The van der Waals surface area contributed by atoms with Crippen LogP contribution in [0.15, 0.2) is 71.6 Å². The van der Waals surface area contributed by atoms with Crippen LogP contribution in [0.3, 0.4) is 0 Å². The van der Waals surface area contributed by atoms with Gasteiger partial charge < -0.3 is 4.74 Å². The third kappa shape index (κ3) is 6.44. The number of para-hydroxylation sites is 1. The van der Waals surface area contributed by atoms with Crippen LogP contribution >= 0.6 is 0 Å². The molecule has 1 N–H and O–H groups in total. The van der Waals surface area contributed by atoms with Crippen molar-refractivity contribution in [2.45, 2.75) is 23.7 Å². The molecule has 2 rings (SSSR count). The summed E-state index contributed by atoms with van der Waals surface area (Å²) < 4.78 is 69.0. The first-order valence-electron chi connectivity index (χ1n) is 7.68. The van der Waals surface area contributed by atoms with Crippen LogP contribution in [-0.4, -0.2) is 20.8 Å². The molecule has 2 aromatic carbocycles. The number of benzene rings is 2. The number of hydrogen-bond acceptors (Lipinski definition) is 4. The van der Waals surface area contributed by atoms with E-state index in [0.29, 0.717) is 0 Å². The number of nitrogens with zero attached hydrogens (tertiary/aromatic N) is 1. The maximum absolute atomic E-state index is 12.6. The minimum absolute atomic E-state index is 0.209. The Morgan fingerprint density at radius 2 is 1.74 bits per heavy atom. The summed E-state index contributed by atoms with van der Waals surface area (Å²) >= 11 is 0. The highest BCUT2D eigenvalue weighted by atomic mass is 32.2. The van der Waals surface area contributed by atoms with Crippen molar-refractivity contribution in [1.82, 2.24) is 4.72 Å². The molecule has 0 radical (unpaired) electrons. The van der Waals surface area contributed by atoms with Crippen LogP contribution in [0.25, 0.3) is 0 Å². The number of hydrogen-bond donors (Lipinski definition) is 1. The molecule has 5 nitrogen and oxygen atoms in total. The Labute approximate surface area is 154 Å². The Bertz CT molecular complexity index is 936. The van der Waals surface area contributed by atoms with E-state index < -0.39 is 33.1 Å². The zero-order valence-electron chi connectivity index (χ0n) is 13.8. The van der Waals surface area contributed by atoms with Crippen LogP contribution < -0.4 is 9.46 Å². The van der Waals surface area contributed by atoms with E-state index in [-0.39, 0.29) is 6.42 Å². The summed E-state index contributed by atoms with van der Waals surface area (Å²) in [4.78, 5) is -0.647. The van der Waals surface area contributed by atoms with Gasteiger partial charge in [-0.25, -0.2) is 13.1 Å². The Kier molecular flexibility index (Phi) is 6.60. The summed E-state index contributed by atoms with van der Waals surface area (Å²) in [5.41, 5.74) is 0.785. The summed E-state index contributed by atoms with van der Waals surface area (Å²) in [5, 5.41) is 8.71. The van der Waals surface area contributed by atoms with Gasteiger partial charge in [-0.3, -0.25) is 0 Å². The first kappa shape index (κ1) is 20.5. The average Bonchev–Trinajstić information content (AvgIpc) is 2.59. The highest BCUT2D eigenvalue weighted by Crippen LogP contribution is 2.29. The summed E-state index contributed by atoms with van der Waals surface area (Å²) in [5.74, 6) is -0.833. The average molecular weight is 396 g/mol. The fourth-order valence-electron chi connectivity index (χ4n) is 2.32. The second-order valence-corrected chi connectivity index (χ2v) is 7.08. The Morgan fingerprint density at radius 3 is 2.37 bits per heavy atom. The number of allylic oxidation sites excluding steroid dienone is 1. The van der Waals surface area contributed by atoms with Gasteiger partial charge in [-0.2, -0.15) is 5.26 Å². The predicted octanol–water partition coefficient (Wildman–Crippen LogP) is 3.55. The van der Waals surface area contributed by atoms with Gasteiger partial charge in [0.25, 0.3) is 0 Å². The summed E-state index contributed by atoms with van der Waals surface area (Å²) in [6.45, 7) is 0. The van der Waals surface area contributed by atoms with E-state index in [9.17, 15) is 21.6 Å². The molecule has 0 saturated carbocycles. The van der Waals surface area contributed by atoms with Gasteiger partial charge in [-0.15, -0.1) is 13.2 Å². The van der Waals surface area contributed by atoms with Crippen molar-refractivity contribution in [2.24, 2.45) is 0 Å². The third-order valence-corrected chi connectivity index (χ3v) is 4.90. The van der Waals surface area contributed by atoms with Crippen molar-refractivity contribution >= 4 is 10.0 Å². The van der Waals surface area contributed by atoms with E-state index >= 15 is 0 Å². The quantitative estimate of drug-likeness (QED) is 0.726. The summed E-state index contributed by atoms with van der Waals surface area (Å²) in [6, 6.07) is 14.2. The molecule has 0 aromatic heterocycles. The molecule has 0 aliphatic carbocycles. The molecule has 0 aliphatic rings. The van der Waals surface area contributed by atoms with Gasteiger partial charge in [-0.1, -0.05) is 48.5 Å². The van der Waals surface area contributed by atoms with Gasteiger partial charge in [0.2, 0.25) is 10.0 Å². The second-order valence-electron chi connectivity index (χ2n) is 5.40. The molecule has 142 valence electrons. The van der Waals surface area contributed by atoms with Crippen molar-refractivity contribution < 1.29 is 26.3 Å². The van der Waals surface area contributed by atoms with Gasteiger partial charge in [0.15, 0.2) is 0 Å². The number of halogens is 3. The zero-order chi connectivity index (χ0) is 19.9. The van der Waals surface area contributed by atoms with Crippen LogP contribution in [0.4, 0.5) is 13.2 Å². The van der Waals surface area contributed by atoms with E-state index in [1.807, 2.05) is 0 Å². The molecule has 1 atom stereocenters. The Balaban J connectivity index is 2.31. The monoisotopic (exact) mass is 396 g/mol. The number of nitriles is 1. The molecule has 0 heterocycles. The molecule has 0 bridgehead atoms. The topological polar surface area (TPSA) is 79.2 Å². The lowest BCUT2D eigenvalue weighted by Gasteiger charge is -2.18. The molecule has 0 amide bonds. The van der Waals surface area contributed by atoms with Crippen molar-refractivity contribution in [1.29, 1.82) is 5.26 Å². The maximum atomic E-state index is 12.6. The van der Waals surface area contributed by atoms with E-state index in [1.165, 1.54) is 18.2 Å². The number of rotatable bonds is 7. The predicted molar refractivity (Wildman–Crippen MR) is 92.1 cm³/mol. The first-order valence-corrected chi connectivity index (χ1v) is 9.17. The molecular weight excluding hydrogens is 381 g/mol. The molecule has 0 unspecified atom stereocenters. The van der Waals surface area contributed by atoms with Crippen LogP contribution in [0.2, 0.25) is 0 Å². The minimum atomic E-state index is -5.03. The van der Waals surface area contributed by atoms with Gasteiger partial charge in [0.05, 0.1) is 6.07 Å². The molecule has 0 saturated heterocycles. The van der Waals surface area contributed by atoms with Crippen LogP contribution in [0.1, 0.15) is 5.56 Å². The molecule has 27 heavy (non-hydrogen) atoms. The second kappa shape index (κ2) is 8.70. The van der Waals surface area contributed by atoms with Crippen molar-refractivity contribution in [3.05, 3.63) is 72.3 Å². The number of ether oxygens (including phenoxy) is 1. The lowest BCUT2D eigenvalue weighted by molar-refractivity contribution is -0.275. The highest BCUT2D eigenvalue weighted by Gasteiger charge is 2.34. The molecular formula is C18H15F3N2O3S. The SMILES string of the molecule is N#CC=C[C@@H](Cc1ccccc1)NS(=O)(=O)c1ccccc1OC(F)(F)F. The van der Waals surface area contributed by atoms with E-state index in [0.717, 1.165) is 23.8 Å². The van der Waals surface area contributed by atoms with Gasteiger partial charge in [0.1, 0.15) is 10.6 Å². The van der Waals surface area contributed by atoms with E-state index in [2.05, 4.69) is 9.46 Å². The molecule has 0 spiro atoms. The lowest BCUT2D eigenvalue weighted by atomic mass is 10.1. The maximum Gasteiger partial charge on any atom is 0.573 e. The van der Waals surface area contributed by atoms with E-state index in [1.54, 1.807) is 36.4 Å². The standard InChI is InChI=1S/C18H15F3N2O3S/c19-18(20,21)26-16-10-4-5-11-17(16)27(24,25)23-15(9-6-12-22)13-14-7-2-1-3-8-14/h1-11,15,23H,13H2/t15-/m0/s1. The Morgan fingerprint density at radius 1 is 1.11 bits per heavy atom. The largest absolute Gasteiger partial charge is 0.573 e. The molecule has 0 fully saturated rings. The fraction of sp³-hybridized carbons (Fsp3) is 0.167. The van der Waals surface area contributed by atoms with Gasteiger partial charge in [-0.05, 0) is 24.1 Å². The highest BCUT2D eigenvalue weighted by molar-refractivity contribution is 7.89. The van der Waals surface area contributed by atoms with Gasteiger partial charge in [0, 0.05) is 12.1 Å². The van der Waals surface area contributed by atoms with Crippen LogP contribution in [-0.2, 0) is 16.4 Å². The normalized spacial score (nSPS) is 13.3. The smallest absolute Gasteiger partial charge is 0.404 e. The zero-order valence-corrected chi connectivity index (χ0v) is 14.7. The molecule has 0 aliphatic heterocycles. The van der Waals surface area contributed by atoms with Crippen molar-refractivity contribution in [2.75, 3.05) is 0 Å². The first-order chi connectivity index (χ1) is 12.7. The lowest BCUT2D eigenvalue weighted by Crippen LogP contribution is -2.35. The van der Waals surface area contributed by atoms with Crippen molar-refractivity contribution in [3.8, 4) is 11.8 Å². The fourth-order valence-corrected chi connectivity index (χ4v) is 3.64. The number of sulfonamides is 1. The van der Waals surface area contributed by atoms with Gasteiger partial charge >= 0.3 is 6.36 Å². The molecule has 2 aromatic rings. The van der Waals surface area contributed by atoms with Crippen LogP contribution in [0.5, 0.6) is 5.75 Å². The minimum Gasteiger partial charge on any atom is -0.404 e. The summed E-state index contributed by atoms with van der Waals surface area (Å²) in [6.07, 6.45) is -2.39. The molecule has 9 heteroatoms.